The zero-order valence-electron chi connectivity index (χ0n) is 30.1. The highest BCUT2D eigenvalue weighted by atomic mass is 35.5. The van der Waals surface area contributed by atoms with Gasteiger partial charge in [-0.05, 0) is 101 Å². The van der Waals surface area contributed by atoms with Crippen molar-refractivity contribution >= 4 is 47.5 Å². The molecule has 1 unspecified atom stereocenters. The number of hydrogen-bond acceptors (Lipinski definition) is 8. The van der Waals surface area contributed by atoms with Crippen LogP contribution in [-0.2, 0) is 40.3 Å². The molecule has 2 aliphatic rings. The van der Waals surface area contributed by atoms with Crippen LogP contribution in [0, 0.1) is 11.3 Å². The maximum atomic E-state index is 13.7. The van der Waals surface area contributed by atoms with Crippen LogP contribution in [0.25, 0.3) is 11.1 Å². The van der Waals surface area contributed by atoms with Crippen LogP contribution in [-0.4, -0.2) is 37.2 Å². The second-order valence-electron chi connectivity index (χ2n) is 13.6. The molecule has 5 aromatic rings. The fourth-order valence-corrected chi connectivity index (χ4v) is 7.04. The molecule has 5 aromatic carbocycles. The number of amides is 1. The molecule has 1 amide bonds. The van der Waals surface area contributed by atoms with E-state index in [0.717, 1.165) is 38.9 Å². The van der Waals surface area contributed by atoms with Crippen molar-refractivity contribution in [1.29, 1.82) is 5.26 Å². The van der Waals surface area contributed by atoms with Crippen LogP contribution in [0.15, 0.2) is 103 Å². The van der Waals surface area contributed by atoms with E-state index in [1.165, 1.54) is 7.11 Å². The molecule has 0 aliphatic carbocycles. The van der Waals surface area contributed by atoms with E-state index >= 15 is 0 Å². The lowest BCUT2D eigenvalue weighted by Crippen LogP contribution is -2.59. The average molecular weight is 799 g/mol. The third-order valence-electron chi connectivity index (χ3n) is 9.74. The minimum atomic E-state index is -1.30. The van der Waals surface area contributed by atoms with Crippen molar-refractivity contribution in [3.05, 3.63) is 147 Å². The predicted molar refractivity (Wildman–Crippen MR) is 213 cm³/mol. The van der Waals surface area contributed by atoms with E-state index in [1.54, 1.807) is 31.2 Å². The summed E-state index contributed by atoms with van der Waals surface area (Å²) in [6, 6.07) is 33.7. The Balaban J connectivity index is 0.00000514. The second-order valence-corrected chi connectivity index (χ2v) is 14.4. The van der Waals surface area contributed by atoms with Crippen molar-refractivity contribution in [1.82, 2.24) is 10.6 Å². The highest BCUT2D eigenvalue weighted by Gasteiger charge is 2.39. The Kier molecular flexibility index (Phi) is 12.2. The Morgan fingerprint density at radius 1 is 0.891 bits per heavy atom. The number of ether oxygens (including phenoxy) is 4. The van der Waals surface area contributed by atoms with E-state index in [9.17, 15) is 9.59 Å². The van der Waals surface area contributed by atoms with Crippen molar-refractivity contribution in [2.45, 2.75) is 50.6 Å². The van der Waals surface area contributed by atoms with Crippen LogP contribution in [0.3, 0.4) is 0 Å². The highest BCUT2D eigenvalue weighted by Crippen LogP contribution is 2.40. The largest absolute Gasteiger partial charge is 0.489 e. The van der Waals surface area contributed by atoms with Crippen molar-refractivity contribution in [2.24, 2.45) is 0 Å². The van der Waals surface area contributed by atoms with Crippen molar-refractivity contribution < 1.29 is 28.5 Å². The number of nitrogens with zero attached hydrogens (tertiary/aromatic N) is 1. The van der Waals surface area contributed by atoms with Gasteiger partial charge in [-0.2, -0.15) is 5.26 Å². The van der Waals surface area contributed by atoms with Gasteiger partial charge >= 0.3 is 5.97 Å². The van der Waals surface area contributed by atoms with Gasteiger partial charge in [-0.1, -0.05) is 77.8 Å². The van der Waals surface area contributed by atoms with Crippen LogP contribution >= 0.6 is 35.6 Å². The summed E-state index contributed by atoms with van der Waals surface area (Å²) in [5, 5.41) is 16.4. The van der Waals surface area contributed by atoms with Gasteiger partial charge in [0.25, 0.3) is 0 Å². The second kappa shape index (κ2) is 17.1. The minimum absolute atomic E-state index is 0. The number of methoxy groups -OCH3 is 1. The SMILES string of the molecule is COC(=O)[C@](C)(Cc1ccc(-c2ccc(C#N)cc2)cc1)NC(=O)[C@@H]1Cc2cc3c(cc2CN1)OC(c1ccc(OCc2ccc(Cl)c(Cl)c2)cc1)CO3.Cl. The zero-order chi connectivity index (χ0) is 37.8. The van der Waals surface area contributed by atoms with Crippen LogP contribution in [0.4, 0.5) is 0 Å². The molecular weight excluding hydrogens is 761 g/mol. The first kappa shape index (κ1) is 39.5. The first-order valence-electron chi connectivity index (χ1n) is 17.5. The summed E-state index contributed by atoms with van der Waals surface area (Å²) in [5.74, 6) is 1.13. The van der Waals surface area contributed by atoms with E-state index < -0.39 is 17.6 Å². The maximum absolute atomic E-state index is 13.7. The summed E-state index contributed by atoms with van der Waals surface area (Å²) in [4.78, 5) is 26.8. The smallest absolute Gasteiger partial charge is 0.331 e. The van der Waals surface area contributed by atoms with E-state index in [0.29, 0.717) is 59.0 Å². The summed E-state index contributed by atoms with van der Waals surface area (Å²) < 4.78 is 23.6. The third kappa shape index (κ3) is 9.01. The molecule has 12 heteroatoms. The Labute approximate surface area is 335 Å². The predicted octanol–water partition coefficient (Wildman–Crippen LogP) is 8.35. The molecular formula is C43H38Cl3N3O6. The molecule has 0 fully saturated rings. The van der Waals surface area contributed by atoms with Gasteiger partial charge in [-0.15, -0.1) is 12.4 Å². The van der Waals surface area contributed by atoms with Gasteiger partial charge in [0, 0.05) is 13.0 Å². The lowest BCUT2D eigenvalue weighted by atomic mass is 9.90. The van der Waals surface area contributed by atoms with Crippen LogP contribution in [0.2, 0.25) is 10.0 Å². The van der Waals surface area contributed by atoms with E-state index in [2.05, 4.69) is 16.7 Å². The van der Waals surface area contributed by atoms with Gasteiger partial charge in [-0.25, -0.2) is 4.79 Å². The number of esters is 1. The Morgan fingerprint density at radius 3 is 2.24 bits per heavy atom. The highest BCUT2D eigenvalue weighted by molar-refractivity contribution is 6.42. The molecule has 7 rings (SSSR count). The topological polar surface area (TPSA) is 119 Å². The molecule has 9 nitrogen and oxygen atoms in total. The maximum Gasteiger partial charge on any atom is 0.331 e. The van der Waals surface area contributed by atoms with Gasteiger partial charge in [0.2, 0.25) is 5.91 Å². The first-order chi connectivity index (χ1) is 26.1. The summed E-state index contributed by atoms with van der Waals surface area (Å²) >= 11 is 12.1. The number of hydrogen-bond donors (Lipinski definition) is 2. The molecule has 0 bridgehead atoms. The standard InChI is InChI=1S/C43H37Cl2N3O6.ClH/c1-43(42(50)51-2,21-26-3-8-29(9-4-26)30-10-5-27(22-46)6-11-30)48-41(49)37-18-32-19-38-39(20-33(32)23-47-37)54-40(25-53-38)31-12-14-34(15-13-31)52-24-28-7-16-35(44)36(45)17-28;/h3-17,19-20,37,40,47H,18,21,23-25H2,1-2H3,(H,48,49);1H/t37-,40?,43-;/m0./s1. The normalized spacial score (nSPS) is 16.6. The summed E-state index contributed by atoms with van der Waals surface area (Å²) in [5.41, 5.74) is 5.93. The van der Waals surface area contributed by atoms with Crippen molar-refractivity contribution in [3.63, 3.8) is 0 Å². The molecule has 0 radical (unpaired) electrons. The van der Waals surface area contributed by atoms with E-state index in [1.807, 2.05) is 78.9 Å². The van der Waals surface area contributed by atoms with Gasteiger partial charge in [0.1, 0.15) is 24.5 Å². The van der Waals surface area contributed by atoms with Gasteiger partial charge < -0.3 is 29.6 Å². The molecule has 0 spiro atoms. The fraction of sp³-hybridized carbons (Fsp3) is 0.233. The van der Waals surface area contributed by atoms with Crippen molar-refractivity contribution in [2.75, 3.05) is 13.7 Å². The molecule has 55 heavy (non-hydrogen) atoms. The quantitative estimate of drug-likeness (QED) is 0.136. The molecule has 0 saturated heterocycles. The number of carbonyl (C=O) groups is 2. The molecule has 2 N–H and O–H groups in total. The van der Waals surface area contributed by atoms with E-state index in [4.69, 9.17) is 47.4 Å². The summed E-state index contributed by atoms with van der Waals surface area (Å²) in [6.07, 6.45) is 0.330. The van der Waals surface area contributed by atoms with Crippen LogP contribution < -0.4 is 24.8 Å². The lowest BCUT2D eigenvalue weighted by Gasteiger charge is -2.33. The van der Waals surface area contributed by atoms with Gasteiger partial charge in [0.05, 0.1) is 34.8 Å². The monoisotopic (exact) mass is 797 g/mol. The van der Waals surface area contributed by atoms with Crippen LogP contribution in [0.1, 0.15) is 46.4 Å². The number of rotatable bonds is 10. The number of nitrogens with one attached hydrogen (secondary N) is 2. The molecule has 2 heterocycles. The molecule has 282 valence electrons. The Hall–Kier alpha value is -5.24. The average Bonchev–Trinajstić information content (AvgIpc) is 3.20. The van der Waals surface area contributed by atoms with Gasteiger partial charge in [0.15, 0.2) is 17.6 Å². The fourth-order valence-electron chi connectivity index (χ4n) is 6.72. The Morgan fingerprint density at radius 2 is 1.56 bits per heavy atom. The third-order valence-corrected chi connectivity index (χ3v) is 10.5. The number of benzene rings is 5. The number of nitriles is 1. The molecule has 0 saturated carbocycles. The number of carbonyl (C=O) groups excluding carboxylic acids is 2. The first-order valence-corrected chi connectivity index (χ1v) is 18.2. The lowest BCUT2D eigenvalue weighted by molar-refractivity contribution is -0.150. The van der Waals surface area contributed by atoms with Crippen LogP contribution in [0.5, 0.6) is 17.2 Å². The van der Waals surface area contributed by atoms with Crippen molar-refractivity contribution in [3.8, 4) is 34.4 Å². The Bertz CT molecular complexity index is 2230. The van der Waals surface area contributed by atoms with Gasteiger partial charge in [-0.3, -0.25) is 4.79 Å². The molecule has 3 atom stereocenters. The zero-order valence-corrected chi connectivity index (χ0v) is 32.4. The number of fused-ring (bicyclic) bond motifs is 2. The summed E-state index contributed by atoms with van der Waals surface area (Å²) in [7, 11) is 1.32. The van der Waals surface area contributed by atoms with E-state index in [-0.39, 0.29) is 30.8 Å². The minimum Gasteiger partial charge on any atom is -0.489 e. The molecule has 0 aromatic heterocycles. The molecule has 2 aliphatic heterocycles. The summed E-state index contributed by atoms with van der Waals surface area (Å²) in [6.45, 7) is 2.79. The number of halogens is 3.